The fraction of sp³-hybridized carbons (Fsp3) is 0. The predicted octanol–water partition coefficient (Wildman–Crippen LogP) is 3.87. The van der Waals surface area contributed by atoms with Crippen LogP contribution in [0.15, 0.2) is 40.8 Å². The Morgan fingerprint density at radius 2 is 2.06 bits per heavy atom. The van der Waals surface area contributed by atoms with Crippen molar-refractivity contribution in [1.82, 2.24) is 4.98 Å². The van der Waals surface area contributed by atoms with Crippen LogP contribution in [-0.4, -0.2) is 4.98 Å². The zero-order valence-electron chi connectivity index (χ0n) is 9.15. The molecule has 0 saturated carbocycles. The molecule has 2 aromatic carbocycles. The van der Waals surface area contributed by atoms with Gasteiger partial charge in [0, 0.05) is 5.69 Å². The molecule has 1 heterocycles. The summed E-state index contributed by atoms with van der Waals surface area (Å²) in [6.07, 6.45) is 0. The molecular formula is C13H8ClFN2O. The summed E-state index contributed by atoms with van der Waals surface area (Å²) in [5.74, 6) is -0.319. The number of aromatic nitrogens is 1. The van der Waals surface area contributed by atoms with Gasteiger partial charge in [-0.05, 0) is 30.3 Å². The van der Waals surface area contributed by atoms with E-state index < -0.39 is 5.82 Å². The van der Waals surface area contributed by atoms with Crippen LogP contribution >= 0.6 is 11.6 Å². The van der Waals surface area contributed by atoms with Crippen LogP contribution < -0.4 is 5.73 Å². The van der Waals surface area contributed by atoms with Crippen LogP contribution in [0.1, 0.15) is 0 Å². The van der Waals surface area contributed by atoms with Crippen LogP contribution in [0.5, 0.6) is 0 Å². The Morgan fingerprint density at radius 1 is 1.22 bits per heavy atom. The first-order valence-corrected chi connectivity index (χ1v) is 5.63. The number of halogens is 2. The molecule has 0 unspecified atom stereocenters. The number of benzene rings is 2. The van der Waals surface area contributed by atoms with E-state index in [0.29, 0.717) is 16.8 Å². The largest absolute Gasteiger partial charge is 0.436 e. The van der Waals surface area contributed by atoms with Crippen LogP contribution in [0.25, 0.3) is 22.6 Å². The van der Waals surface area contributed by atoms with Gasteiger partial charge in [0.2, 0.25) is 5.89 Å². The van der Waals surface area contributed by atoms with Crippen LogP contribution in [0, 0.1) is 5.82 Å². The molecule has 0 aliphatic rings. The zero-order valence-corrected chi connectivity index (χ0v) is 9.91. The quantitative estimate of drug-likeness (QED) is 0.677. The van der Waals surface area contributed by atoms with Crippen molar-refractivity contribution in [3.05, 3.63) is 47.2 Å². The van der Waals surface area contributed by atoms with E-state index in [1.807, 2.05) is 0 Å². The summed E-state index contributed by atoms with van der Waals surface area (Å²) >= 11 is 5.96. The van der Waals surface area contributed by atoms with E-state index in [0.717, 1.165) is 0 Å². The van der Waals surface area contributed by atoms with Crippen molar-refractivity contribution in [2.24, 2.45) is 0 Å². The lowest BCUT2D eigenvalue weighted by atomic mass is 10.2. The highest BCUT2D eigenvalue weighted by Crippen LogP contribution is 2.32. The van der Waals surface area contributed by atoms with Crippen molar-refractivity contribution in [3.63, 3.8) is 0 Å². The number of fused-ring (bicyclic) bond motifs is 1. The first-order valence-electron chi connectivity index (χ1n) is 5.25. The van der Waals surface area contributed by atoms with E-state index in [2.05, 4.69) is 4.98 Å². The van der Waals surface area contributed by atoms with Crippen LogP contribution in [0.2, 0.25) is 5.02 Å². The molecule has 1 aromatic heterocycles. The second-order valence-electron chi connectivity index (χ2n) is 3.84. The van der Waals surface area contributed by atoms with Crippen molar-refractivity contribution in [1.29, 1.82) is 0 Å². The number of hydrogen-bond acceptors (Lipinski definition) is 3. The number of nitrogens with two attached hydrogens (primary N) is 1. The molecule has 3 rings (SSSR count). The van der Waals surface area contributed by atoms with Crippen molar-refractivity contribution in [2.75, 3.05) is 5.73 Å². The molecule has 2 N–H and O–H groups in total. The molecular weight excluding hydrogens is 255 g/mol. The Bertz CT molecular complexity index is 719. The van der Waals surface area contributed by atoms with Crippen LogP contribution in [-0.2, 0) is 0 Å². The second kappa shape index (κ2) is 3.99. The maximum atomic E-state index is 13.7. The molecule has 0 saturated heterocycles. The number of nitrogens with zero attached hydrogens (tertiary/aromatic N) is 1. The molecule has 0 aliphatic heterocycles. The van der Waals surface area contributed by atoms with Gasteiger partial charge in [0.25, 0.3) is 0 Å². The lowest BCUT2D eigenvalue weighted by Gasteiger charge is -1.99. The summed E-state index contributed by atoms with van der Waals surface area (Å²) in [5, 5.41) is 0.259. The highest BCUT2D eigenvalue weighted by atomic mass is 35.5. The van der Waals surface area contributed by atoms with E-state index in [-0.39, 0.29) is 16.5 Å². The van der Waals surface area contributed by atoms with Gasteiger partial charge in [-0.3, -0.25) is 0 Å². The van der Waals surface area contributed by atoms with Crippen molar-refractivity contribution in [3.8, 4) is 11.5 Å². The molecule has 90 valence electrons. The minimum Gasteiger partial charge on any atom is -0.436 e. The number of rotatable bonds is 1. The van der Waals surface area contributed by atoms with Gasteiger partial charge in [0.15, 0.2) is 5.58 Å². The summed E-state index contributed by atoms with van der Waals surface area (Å²) in [7, 11) is 0. The van der Waals surface area contributed by atoms with E-state index in [1.165, 1.54) is 12.1 Å². The molecule has 18 heavy (non-hydrogen) atoms. The molecule has 0 fully saturated rings. The van der Waals surface area contributed by atoms with Crippen molar-refractivity contribution < 1.29 is 8.81 Å². The van der Waals surface area contributed by atoms with Gasteiger partial charge >= 0.3 is 0 Å². The number of anilines is 1. The minimum atomic E-state index is -0.470. The molecule has 5 heteroatoms. The summed E-state index contributed by atoms with van der Waals surface area (Å²) in [4.78, 5) is 4.19. The smallest absolute Gasteiger partial charge is 0.231 e. The summed E-state index contributed by atoms with van der Waals surface area (Å²) in [6, 6.07) is 9.47. The van der Waals surface area contributed by atoms with Gasteiger partial charge in [-0.2, -0.15) is 0 Å². The van der Waals surface area contributed by atoms with Crippen LogP contribution in [0.4, 0.5) is 10.1 Å². The van der Waals surface area contributed by atoms with Gasteiger partial charge in [0.1, 0.15) is 11.3 Å². The molecule has 3 aromatic rings. The van der Waals surface area contributed by atoms with E-state index in [9.17, 15) is 4.39 Å². The molecule has 0 atom stereocenters. The number of oxazole rings is 1. The maximum Gasteiger partial charge on any atom is 0.231 e. The standard InChI is InChI=1S/C13H8ClFN2O/c14-8-2-1-3-9(15)12(8)13-17-10-6-7(16)4-5-11(10)18-13/h1-6H,16H2. The minimum absolute atomic E-state index is 0.152. The van der Waals surface area contributed by atoms with Gasteiger partial charge in [-0.15, -0.1) is 0 Å². The third kappa shape index (κ3) is 1.71. The van der Waals surface area contributed by atoms with Gasteiger partial charge in [-0.1, -0.05) is 17.7 Å². The fourth-order valence-electron chi connectivity index (χ4n) is 1.75. The molecule has 3 nitrogen and oxygen atoms in total. The average Bonchev–Trinajstić information content (AvgIpc) is 2.71. The SMILES string of the molecule is Nc1ccc2oc(-c3c(F)cccc3Cl)nc2c1. The Balaban J connectivity index is 2.26. The predicted molar refractivity (Wildman–Crippen MR) is 68.8 cm³/mol. The summed E-state index contributed by atoms with van der Waals surface area (Å²) in [6.45, 7) is 0. The Kier molecular flexibility index (Phi) is 2.45. The first-order chi connectivity index (χ1) is 8.65. The third-order valence-corrected chi connectivity index (χ3v) is 2.90. The number of nitrogen functional groups attached to an aromatic ring is 1. The monoisotopic (exact) mass is 262 g/mol. The lowest BCUT2D eigenvalue weighted by Crippen LogP contribution is -1.85. The molecule has 0 spiro atoms. The normalized spacial score (nSPS) is 11.0. The van der Waals surface area contributed by atoms with Gasteiger partial charge in [-0.25, -0.2) is 9.37 Å². The Labute approximate surface area is 107 Å². The summed E-state index contributed by atoms with van der Waals surface area (Å²) in [5.41, 5.74) is 7.50. The van der Waals surface area contributed by atoms with Crippen molar-refractivity contribution in [2.45, 2.75) is 0 Å². The summed E-state index contributed by atoms with van der Waals surface area (Å²) < 4.78 is 19.2. The van der Waals surface area contributed by atoms with Gasteiger partial charge < -0.3 is 10.2 Å². The first kappa shape index (κ1) is 11.0. The molecule has 0 bridgehead atoms. The zero-order chi connectivity index (χ0) is 12.7. The highest BCUT2D eigenvalue weighted by Gasteiger charge is 2.16. The lowest BCUT2D eigenvalue weighted by molar-refractivity contribution is 0.594. The second-order valence-corrected chi connectivity index (χ2v) is 4.25. The van der Waals surface area contributed by atoms with Crippen LogP contribution in [0.3, 0.4) is 0 Å². The fourth-order valence-corrected chi connectivity index (χ4v) is 2.00. The van der Waals surface area contributed by atoms with Crippen molar-refractivity contribution >= 4 is 28.4 Å². The maximum absolute atomic E-state index is 13.7. The Morgan fingerprint density at radius 3 is 2.83 bits per heavy atom. The van der Waals surface area contributed by atoms with E-state index in [1.54, 1.807) is 24.3 Å². The third-order valence-electron chi connectivity index (χ3n) is 2.59. The topological polar surface area (TPSA) is 52.0 Å². The molecule has 0 radical (unpaired) electrons. The molecule has 0 amide bonds. The van der Waals surface area contributed by atoms with E-state index in [4.69, 9.17) is 21.8 Å². The van der Waals surface area contributed by atoms with E-state index >= 15 is 0 Å². The Hall–Kier alpha value is -2.07. The molecule has 0 aliphatic carbocycles. The average molecular weight is 263 g/mol. The number of hydrogen-bond donors (Lipinski definition) is 1. The van der Waals surface area contributed by atoms with Gasteiger partial charge in [0.05, 0.1) is 10.6 Å². The highest BCUT2D eigenvalue weighted by molar-refractivity contribution is 6.33.